The molecule has 0 saturated carbocycles. The number of hydrogen-bond donors (Lipinski definition) is 0. The van der Waals surface area contributed by atoms with E-state index >= 15 is 0 Å². The maximum atomic E-state index is 5.54. The zero-order chi connectivity index (χ0) is 8.93. The zero-order valence-electron chi connectivity index (χ0n) is 7.53. The van der Waals surface area contributed by atoms with E-state index in [1.165, 1.54) is 0 Å². The van der Waals surface area contributed by atoms with Crippen molar-refractivity contribution in [2.24, 2.45) is 0 Å². The van der Waals surface area contributed by atoms with Gasteiger partial charge in [-0.15, -0.1) is 0 Å². The molecule has 1 unspecified atom stereocenters. The minimum absolute atomic E-state index is 0.296. The summed E-state index contributed by atoms with van der Waals surface area (Å²) in [7, 11) is 0. The Morgan fingerprint density at radius 1 is 1.46 bits per heavy atom. The highest BCUT2D eigenvalue weighted by Gasteiger charge is 2.15. The van der Waals surface area contributed by atoms with Crippen LogP contribution in [-0.2, 0) is 4.74 Å². The smallest absolute Gasteiger partial charge is 0.119 e. The van der Waals surface area contributed by atoms with Crippen molar-refractivity contribution < 1.29 is 9.47 Å². The van der Waals surface area contributed by atoms with Crippen molar-refractivity contribution in [3.8, 4) is 5.75 Å². The lowest BCUT2D eigenvalue weighted by molar-refractivity contribution is 0.0679. The molecule has 1 fully saturated rings. The van der Waals surface area contributed by atoms with Gasteiger partial charge in [0, 0.05) is 6.61 Å². The lowest BCUT2D eigenvalue weighted by Gasteiger charge is -2.10. The van der Waals surface area contributed by atoms with Gasteiger partial charge in [0.15, 0.2) is 0 Å². The van der Waals surface area contributed by atoms with Gasteiger partial charge in [0.1, 0.15) is 12.4 Å². The minimum atomic E-state index is 0.296. The van der Waals surface area contributed by atoms with Crippen LogP contribution in [0.3, 0.4) is 0 Å². The molecule has 0 bridgehead atoms. The van der Waals surface area contributed by atoms with Gasteiger partial charge in [0.2, 0.25) is 0 Å². The standard InChI is InChI=1S/C11H13O2/c1-2-5-10(6-3-1)13-9-11-7-4-8-12-11/h2-3,5-6,11H,4,7-9H2. The summed E-state index contributed by atoms with van der Waals surface area (Å²) in [4.78, 5) is 0. The average molecular weight is 177 g/mol. The van der Waals surface area contributed by atoms with E-state index in [9.17, 15) is 0 Å². The first-order valence-corrected chi connectivity index (χ1v) is 4.66. The highest BCUT2D eigenvalue weighted by molar-refractivity contribution is 5.20. The molecule has 2 nitrogen and oxygen atoms in total. The highest BCUT2D eigenvalue weighted by Crippen LogP contribution is 2.14. The van der Waals surface area contributed by atoms with E-state index in [1.54, 1.807) is 0 Å². The summed E-state index contributed by atoms with van der Waals surface area (Å²) in [5.41, 5.74) is 0. The van der Waals surface area contributed by atoms with Crippen LogP contribution in [0, 0.1) is 6.07 Å². The van der Waals surface area contributed by atoms with Gasteiger partial charge in [-0.05, 0) is 31.0 Å². The third-order valence-electron chi connectivity index (χ3n) is 2.15. The molecule has 1 atom stereocenters. The lowest BCUT2D eigenvalue weighted by atomic mass is 10.2. The van der Waals surface area contributed by atoms with Gasteiger partial charge in [0.25, 0.3) is 0 Å². The van der Waals surface area contributed by atoms with Crippen LogP contribution in [0.4, 0.5) is 0 Å². The molecule has 0 amide bonds. The van der Waals surface area contributed by atoms with Crippen molar-refractivity contribution in [1.29, 1.82) is 0 Å². The van der Waals surface area contributed by atoms with Gasteiger partial charge in [-0.3, -0.25) is 0 Å². The van der Waals surface area contributed by atoms with Gasteiger partial charge in [-0.2, -0.15) is 0 Å². The fourth-order valence-corrected chi connectivity index (χ4v) is 1.43. The number of ether oxygens (including phenoxy) is 2. The molecule has 1 aromatic rings. The van der Waals surface area contributed by atoms with Gasteiger partial charge < -0.3 is 9.47 Å². The third kappa shape index (κ3) is 2.46. The molecular weight excluding hydrogens is 164 g/mol. The Hall–Kier alpha value is -1.02. The second-order valence-electron chi connectivity index (χ2n) is 3.18. The summed E-state index contributed by atoms with van der Waals surface area (Å²) < 4.78 is 11.0. The third-order valence-corrected chi connectivity index (χ3v) is 2.15. The summed E-state index contributed by atoms with van der Waals surface area (Å²) >= 11 is 0. The van der Waals surface area contributed by atoms with E-state index in [4.69, 9.17) is 9.47 Å². The summed E-state index contributed by atoms with van der Waals surface area (Å²) in [5.74, 6) is 0.897. The van der Waals surface area contributed by atoms with Gasteiger partial charge in [-0.25, -0.2) is 0 Å². The van der Waals surface area contributed by atoms with Crippen LogP contribution >= 0.6 is 0 Å². The summed E-state index contributed by atoms with van der Waals surface area (Å²) in [6.07, 6.45) is 2.58. The van der Waals surface area contributed by atoms with Crippen molar-refractivity contribution in [3.63, 3.8) is 0 Å². The molecule has 1 radical (unpaired) electrons. The Kier molecular flexibility index (Phi) is 2.82. The molecule has 0 aromatic heterocycles. The van der Waals surface area contributed by atoms with E-state index in [2.05, 4.69) is 6.07 Å². The molecule has 2 heteroatoms. The van der Waals surface area contributed by atoms with E-state index in [1.807, 2.05) is 24.3 Å². The van der Waals surface area contributed by atoms with E-state index < -0.39 is 0 Å². The predicted octanol–water partition coefficient (Wildman–Crippen LogP) is 2.04. The summed E-state index contributed by atoms with van der Waals surface area (Å²) in [6.45, 7) is 1.56. The Bertz CT molecular complexity index is 240. The average Bonchev–Trinajstić information content (AvgIpc) is 2.69. The lowest BCUT2D eigenvalue weighted by Crippen LogP contribution is -2.16. The van der Waals surface area contributed by atoms with Crippen LogP contribution in [0.15, 0.2) is 24.3 Å². The summed E-state index contributed by atoms with van der Waals surface area (Å²) in [6, 6.07) is 10.5. The molecule has 1 aliphatic rings. The van der Waals surface area contributed by atoms with Crippen molar-refractivity contribution in [2.45, 2.75) is 18.9 Å². The van der Waals surface area contributed by atoms with E-state index in [0.717, 1.165) is 25.2 Å². The molecule has 0 spiro atoms. The minimum Gasteiger partial charge on any atom is -0.491 e. The fraction of sp³-hybridized carbons (Fsp3) is 0.455. The number of hydrogen-bond acceptors (Lipinski definition) is 2. The Morgan fingerprint density at radius 3 is 3.00 bits per heavy atom. The topological polar surface area (TPSA) is 18.5 Å². The quantitative estimate of drug-likeness (QED) is 0.703. The highest BCUT2D eigenvalue weighted by atomic mass is 16.5. The Labute approximate surface area is 78.5 Å². The molecule has 1 heterocycles. The van der Waals surface area contributed by atoms with Crippen LogP contribution in [0.1, 0.15) is 12.8 Å². The molecule has 1 saturated heterocycles. The number of benzene rings is 1. The van der Waals surface area contributed by atoms with Crippen LogP contribution in [0.2, 0.25) is 0 Å². The van der Waals surface area contributed by atoms with Gasteiger partial charge >= 0.3 is 0 Å². The van der Waals surface area contributed by atoms with Crippen molar-refractivity contribution in [2.75, 3.05) is 13.2 Å². The first-order valence-electron chi connectivity index (χ1n) is 4.66. The van der Waals surface area contributed by atoms with Crippen LogP contribution in [0.5, 0.6) is 5.75 Å². The van der Waals surface area contributed by atoms with Crippen molar-refractivity contribution >= 4 is 0 Å². The molecule has 69 valence electrons. The SMILES string of the molecule is [c]1ccc(OCC2CCCO2)cc1. The van der Waals surface area contributed by atoms with E-state index in [-0.39, 0.29) is 0 Å². The van der Waals surface area contributed by atoms with Crippen LogP contribution in [-0.4, -0.2) is 19.3 Å². The van der Waals surface area contributed by atoms with Crippen LogP contribution < -0.4 is 4.74 Å². The molecule has 1 aliphatic heterocycles. The zero-order valence-corrected chi connectivity index (χ0v) is 7.53. The monoisotopic (exact) mass is 177 g/mol. The van der Waals surface area contributed by atoms with Gasteiger partial charge in [0.05, 0.1) is 6.10 Å². The van der Waals surface area contributed by atoms with E-state index in [0.29, 0.717) is 12.7 Å². The first-order chi connectivity index (χ1) is 6.45. The molecule has 0 aliphatic carbocycles. The summed E-state index contributed by atoms with van der Waals surface area (Å²) in [5, 5.41) is 0. The number of rotatable bonds is 3. The van der Waals surface area contributed by atoms with Crippen molar-refractivity contribution in [3.05, 3.63) is 30.3 Å². The largest absolute Gasteiger partial charge is 0.491 e. The molecule has 0 N–H and O–H groups in total. The second-order valence-corrected chi connectivity index (χ2v) is 3.18. The van der Waals surface area contributed by atoms with Gasteiger partial charge in [-0.1, -0.05) is 12.1 Å². The van der Waals surface area contributed by atoms with Crippen molar-refractivity contribution in [1.82, 2.24) is 0 Å². The molecule has 1 aromatic carbocycles. The van der Waals surface area contributed by atoms with Crippen LogP contribution in [0.25, 0.3) is 0 Å². The predicted molar refractivity (Wildman–Crippen MR) is 49.7 cm³/mol. The fourth-order valence-electron chi connectivity index (χ4n) is 1.43. The molecule has 13 heavy (non-hydrogen) atoms. The molecule has 2 rings (SSSR count). The Balaban J connectivity index is 1.79. The first kappa shape index (κ1) is 8.57. The molecular formula is C11H13O2. The Morgan fingerprint density at radius 2 is 2.31 bits per heavy atom. The second kappa shape index (κ2) is 4.28. The maximum Gasteiger partial charge on any atom is 0.119 e. The maximum absolute atomic E-state index is 5.54. The normalized spacial score (nSPS) is 21.7.